The number of halogens is 1. The van der Waals surface area contributed by atoms with Crippen LogP contribution in [0.4, 0.5) is 0 Å². The lowest BCUT2D eigenvalue weighted by molar-refractivity contribution is 0.354. The Hall–Kier alpha value is -1.81. The van der Waals surface area contributed by atoms with Gasteiger partial charge in [0.05, 0.1) is 19.9 Å². The first kappa shape index (κ1) is 12.6. The molecule has 1 aromatic carbocycles. The predicted octanol–water partition coefficient (Wildman–Crippen LogP) is 2.74. The van der Waals surface area contributed by atoms with E-state index in [2.05, 4.69) is 9.97 Å². The third kappa shape index (κ3) is 2.71. The summed E-state index contributed by atoms with van der Waals surface area (Å²) in [6.45, 7) is 0. The maximum atomic E-state index is 5.98. The third-order valence-electron chi connectivity index (χ3n) is 2.54. The van der Waals surface area contributed by atoms with Gasteiger partial charge in [0, 0.05) is 18.8 Å². The number of rotatable bonds is 4. The van der Waals surface area contributed by atoms with E-state index >= 15 is 0 Å². The molecular formula is C13H13ClN2O2. The van der Waals surface area contributed by atoms with E-state index in [1.165, 1.54) is 0 Å². The molecule has 0 bridgehead atoms. The van der Waals surface area contributed by atoms with Crippen molar-refractivity contribution in [2.45, 2.75) is 6.42 Å². The van der Waals surface area contributed by atoms with Gasteiger partial charge in [0.1, 0.15) is 0 Å². The van der Waals surface area contributed by atoms with E-state index < -0.39 is 0 Å². The molecule has 0 aliphatic heterocycles. The zero-order valence-corrected chi connectivity index (χ0v) is 10.9. The second-order valence-corrected chi connectivity index (χ2v) is 4.02. The Morgan fingerprint density at radius 3 is 2.44 bits per heavy atom. The van der Waals surface area contributed by atoms with Gasteiger partial charge in [-0.15, -0.1) is 0 Å². The molecule has 5 heteroatoms. The quantitative estimate of drug-likeness (QED) is 0.852. The van der Waals surface area contributed by atoms with Gasteiger partial charge in [-0.3, -0.25) is 4.98 Å². The Balaban J connectivity index is 2.27. The van der Waals surface area contributed by atoms with Crippen LogP contribution in [0.5, 0.6) is 11.5 Å². The second-order valence-electron chi connectivity index (χ2n) is 3.66. The summed E-state index contributed by atoms with van der Waals surface area (Å²) < 4.78 is 10.4. The van der Waals surface area contributed by atoms with Crippen LogP contribution in [0, 0.1) is 0 Å². The molecule has 0 aliphatic rings. The topological polar surface area (TPSA) is 44.2 Å². The zero-order chi connectivity index (χ0) is 13.0. The van der Waals surface area contributed by atoms with E-state index in [1.807, 2.05) is 18.2 Å². The van der Waals surface area contributed by atoms with E-state index in [0.29, 0.717) is 23.1 Å². The molecule has 94 valence electrons. The molecule has 18 heavy (non-hydrogen) atoms. The van der Waals surface area contributed by atoms with Crippen LogP contribution >= 0.6 is 11.6 Å². The number of benzene rings is 1. The summed E-state index contributed by atoms with van der Waals surface area (Å²) in [6.07, 6.45) is 3.80. The van der Waals surface area contributed by atoms with Crippen molar-refractivity contribution in [1.29, 1.82) is 0 Å². The molecule has 2 aromatic rings. The van der Waals surface area contributed by atoms with Crippen LogP contribution in [0.25, 0.3) is 0 Å². The minimum absolute atomic E-state index is 0.423. The molecule has 4 nitrogen and oxygen atoms in total. The molecular weight excluding hydrogens is 252 g/mol. The summed E-state index contributed by atoms with van der Waals surface area (Å²) >= 11 is 5.98. The SMILES string of the molecule is COc1ccc(Cc2nccnc2Cl)cc1OC. The lowest BCUT2D eigenvalue weighted by Gasteiger charge is -2.09. The monoisotopic (exact) mass is 264 g/mol. The number of nitrogens with zero attached hydrogens (tertiary/aromatic N) is 2. The standard InChI is InChI=1S/C13H13ClN2O2/c1-17-11-4-3-9(8-12(11)18-2)7-10-13(14)16-6-5-15-10/h3-6,8H,7H2,1-2H3. The summed E-state index contributed by atoms with van der Waals surface area (Å²) in [5.74, 6) is 1.39. The number of ether oxygens (including phenoxy) is 2. The molecule has 1 aromatic heterocycles. The minimum atomic E-state index is 0.423. The van der Waals surface area contributed by atoms with Crippen molar-refractivity contribution in [1.82, 2.24) is 9.97 Å². The van der Waals surface area contributed by atoms with Gasteiger partial charge >= 0.3 is 0 Å². The van der Waals surface area contributed by atoms with Crippen molar-refractivity contribution >= 4 is 11.6 Å². The van der Waals surface area contributed by atoms with E-state index in [0.717, 1.165) is 11.3 Å². The summed E-state index contributed by atoms with van der Waals surface area (Å²) in [4.78, 5) is 8.20. The lowest BCUT2D eigenvalue weighted by atomic mass is 10.1. The van der Waals surface area contributed by atoms with Gasteiger partial charge in [-0.2, -0.15) is 0 Å². The van der Waals surface area contributed by atoms with Gasteiger partial charge in [0.15, 0.2) is 16.7 Å². The first-order chi connectivity index (χ1) is 8.74. The molecule has 2 rings (SSSR count). The fraction of sp³-hybridized carbons (Fsp3) is 0.231. The zero-order valence-electron chi connectivity index (χ0n) is 10.2. The summed E-state index contributed by atoms with van der Waals surface area (Å²) in [5, 5.41) is 0.423. The predicted molar refractivity (Wildman–Crippen MR) is 69.4 cm³/mol. The highest BCUT2D eigenvalue weighted by Gasteiger charge is 2.08. The molecule has 0 aliphatic carbocycles. The molecule has 0 atom stereocenters. The highest BCUT2D eigenvalue weighted by molar-refractivity contribution is 6.30. The van der Waals surface area contributed by atoms with Gasteiger partial charge in [-0.05, 0) is 17.7 Å². The Kier molecular flexibility index (Phi) is 3.99. The summed E-state index contributed by atoms with van der Waals surface area (Å²) in [7, 11) is 3.22. The maximum absolute atomic E-state index is 5.98. The lowest BCUT2D eigenvalue weighted by Crippen LogP contribution is -1.97. The van der Waals surface area contributed by atoms with Crippen LogP contribution in [-0.2, 0) is 6.42 Å². The normalized spacial score (nSPS) is 10.2. The van der Waals surface area contributed by atoms with Gasteiger partial charge < -0.3 is 9.47 Å². The third-order valence-corrected chi connectivity index (χ3v) is 2.86. The van der Waals surface area contributed by atoms with Crippen molar-refractivity contribution in [2.24, 2.45) is 0 Å². The molecule has 0 unspecified atom stereocenters. The Bertz CT molecular complexity index is 546. The van der Waals surface area contributed by atoms with Crippen LogP contribution in [0.3, 0.4) is 0 Å². The first-order valence-electron chi connectivity index (χ1n) is 5.41. The van der Waals surface area contributed by atoms with E-state index in [9.17, 15) is 0 Å². The maximum Gasteiger partial charge on any atom is 0.160 e. The van der Waals surface area contributed by atoms with E-state index in [4.69, 9.17) is 21.1 Å². The van der Waals surface area contributed by atoms with Crippen molar-refractivity contribution in [3.63, 3.8) is 0 Å². The highest BCUT2D eigenvalue weighted by Crippen LogP contribution is 2.28. The van der Waals surface area contributed by atoms with Crippen molar-refractivity contribution in [3.05, 3.63) is 47.0 Å². The molecule has 0 N–H and O–H groups in total. The first-order valence-corrected chi connectivity index (χ1v) is 5.78. The Morgan fingerprint density at radius 2 is 1.78 bits per heavy atom. The molecule has 1 heterocycles. The molecule has 0 spiro atoms. The summed E-state index contributed by atoms with van der Waals surface area (Å²) in [5.41, 5.74) is 1.78. The fourth-order valence-corrected chi connectivity index (χ4v) is 1.82. The molecule has 0 fully saturated rings. The van der Waals surface area contributed by atoms with Crippen LogP contribution in [0.2, 0.25) is 5.15 Å². The van der Waals surface area contributed by atoms with Crippen LogP contribution in [-0.4, -0.2) is 24.2 Å². The number of methoxy groups -OCH3 is 2. The molecule has 0 amide bonds. The van der Waals surface area contributed by atoms with Crippen LogP contribution in [0.1, 0.15) is 11.3 Å². The molecule has 0 saturated heterocycles. The highest BCUT2D eigenvalue weighted by atomic mass is 35.5. The van der Waals surface area contributed by atoms with Gasteiger partial charge in [-0.1, -0.05) is 17.7 Å². The summed E-state index contributed by atoms with van der Waals surface area (Å²) in [6, 6.07) is 5.72. The largest absolute Gasteiger partial charge is 0.493 e. The van der Waals surface area contributed by atoms with Crippen molar-refractivity contribution in [2.75, 3.05) is 14.2 Å². The van der Waals surface area contributed by atoms with Crippen LogP contribution in [0.15, 0.2) is 30.6 Å². The molecule has 0 radical (unpaired) electrons. The van der Waals surface area contributed by atoms with Gasteiger partial charge in [-0.25, -0.2) is 4.98 Å². The smallest absolute Gasteiger partial charge is 0.160 e. The number of hydrogen-bond acceptors (Lipinski definition) is 4. The Labute approximate surface area is 111 Å². The molecule has 0 saturated carbocycles. The van der Waals surface area contributed by atoms with Gasteiger partial charge in [0.25, 0.3) is 0 Å². The number of hydrogen-bond donors (Lipinski definition) is 0. The van der Waals surface area contributed by atoms with Crippen molar-refractivity contribution < 1.29 is 9.47 Å². The van der Waals surface area contributed by atoms with E-state index in [1.54, 1.807) is 26.6 Å². The average molecular weight is 265 g/mol. The van der Waals surface area contributed by atoms with E-state index in [-0.39, 0.29) is 0 Å². The minimum Gasteiger partial charge on any atom is -0.493 e. The number of aromatic nitrogens is 2. The van der Waals surface area contributed by atoms with Gasteiger partial charge in [0.2, 0.25) is 0 Å². The second kappa shape index (κ2) is 5.69. The fourth-order valence-electron chi connectivity index (χ4n) is 1.65. The Morgan fingerprint density at radius 1 is 1.06 bits per heavy atom. The van der Waals surface area contributed by atoms with Crippen LogP contribution < -0.4 is 9.47 Å². The van der Waals surface area contributed by atoms with Crippen molar-refractivity contribution in [3.8, 4) is 11.5 Å². The average Bonchev–Trinajstić information content (AvgIpc) is 2.41.